The van der Waals surface area contributed by atoms with Crippen molar-refractivity contribution in [2.24, 2.45) is 0 Å². The van der Waals surface area contributed by atoms with E-state index in [1.165, 1.54) is 0 Å². The average molecular weight is 331 g/mol. The Morgan fingerprint density at radius 1 is 1.29 bits per heavy atom. The van der Waals surface area contributed by atoms with Gasteiger partial charge in [0.25, 0.3) is 5.91 Å². The number of hydrogen-bond donors (Lipinski definition) is 0. The summed E-state index contributed by atoms with van der Waals surface area (Å²) in [5, 5.41) is 8.32. The molecular formula is C17H25N5O2. The first kappa shape index (κ1) is 16.7. The molecule has 3 rings (SSSR count). The minimum absolute atomic E-state index is 0.0177. The first-order valence-corrected chi connectivity index (χ1v) is 8.66. The lowest BCUT2D eigenvalue weighted by Crippen LogP contribution is -2.38. The molecule has 2 aromatic rings. The van der Waals surface area contributed by atoms with Crippen molar-refractivity contribution >= 4 is 5.91 Å². The van der Waals surface area contributed by atoms with Crippen LogP contribution in [0.15, 0.2) is 16.9 Å². The molecule has 1 fully saturated rings. The van der Waals surface area contributed by atoms with E-state index in [0.29, 0.717) is 23.8 Å². The van der Waals surface area contributed by atoms with Crippen LogP contribution in [0.25, 0.3) is 0 Å². The van der Waals surface area contributed by atoms with Crippen molar-refractivity contribution in [3.05, 3.63) is 29.7 Å². The van der Waals surface area contributed by atoms with Crippen molar-refractivity contribution in [2.75, 3.05) is 6.54 Å². The van der Waals surface area contributed by atoms with Crippen LogP contribution in [0, 0.1) is 0 Å². The fourth-order valence-corrected chi connectivity index (χ4v) is 2.95. The number of hydrogen-bond acceptors (Lipinski definition) is 5. The lowest BCUT2D eigenvalue weighted by atomic mass is 10.0. The number of piperidine rings is 1. The number of likely N-dealkylation sites (tertiary alicyclic amines) is 1. The van der Waals surface area contributed by atoms with Crippen molar-refractivity contribution in [1.82, 2.24) is 24.8 Å². The quantitative estimate of drug-likeness (QED) is 0.858. The number of aromatic nitrogens is 4. The van der Waals surface area contributed by atoms with Crippen molar-refractivity contribution in [3.63, 3.8) is 0 Å². The maximum absolute atomic E-state index is 12.9. The average Bonchev–Trinajstić information content (AvgIpc) is 3.23. The van der Waals surface area contributed by atoms with E-state index in [1.54, 1.807) is 10.9 Å². The molecule has 0 radical (unpaired) electrons. The second kappa shape index (κ2) is 6.75. The predicted octanol–water partition coefficient (Wildman–Crippen LogP) is 3.34. The van der Waals surface area contributed by atoms with Crippen LogP contribution in [0.5, 0.6) is 0 Å². The van der Waals surface area contributed by atoms with Crippen LogP contribution in [0.1, 0.15) is 87.0 Å². The van der Waals surface area contributed by atoms with E-state index in [4.69, 9.17) is 4.52 Å². The maximum Gasteiger partial charge on any atom is 0.257 e. The predicted molar refractivity (Wildman–Crippen MR) is 88.6 cm³/mol. The van der Waals surface area contributed by atoms with Gasteiger partial charge in [0.2, 0.25) is 5.89 Å². The van der Waals surface area contributed by atoms with Gasteiger partial charge in [-0.1, -0.05) is 19.0 Å². The molecule has 1 amide bonds. The van der Waals surface area contributed by atoms with Gasteiger partial charge in [0.15, 0.2) is 5.82 Å². The van der Waals surface area contributed by atoms with E-state index in [0.717, 1.165) is 19.3 Å². The molecule has 0 unspecified atom stereocenters. The molecule has 0 aliphatic carbocycles. The minimum atomic E-state index is -0.145. The highest BCUT2D eigenvalue weighted by molar-refractivity contribution is 5.94. The Hall–Kier alpha value is -2.18. The number of carbonyl (C=O) groups is 1. The van der Waals surface area contributed by atoms with Gasteiger partial charge in [-0.2, -0.15) is 10.1 Å². The van der Waals surface area contributed by atoms with Gasteiger partial charge in [-0.15, -0.1) is 0 Å². The van der Waals surface area contributed by atoms with Crippen molar-refractivity contribution < 1.29 is 9.32 Å². The van der Waals surface area contributed by atoms with Crippen LogP contribution in [-0.4, -0.2) is 37.3 Å². The van der Waals surface area contributed by atoms with Gasteiger partial charge in [-0.3, -0.25) is 9.48 Å². The highest BCUT2D eigenvalue weighted by atomic mass is 16.5. The monoisotopic (exact) mass is 331 g/mol. The molecule has 1 saturated heterocycles. The number of carbonyl (C=O) groups excluding carboxylic acids is 1. The molecule has 0 aromatic carbocycles. The largest absolute Gasteiger partial charge is 0.337 e. The summed E-state index contributed by atoms with van der Waals surface area (Å²) in [5.74, 6) is 1.43. The molecule has 2 aromatic heterocycles. The second-order valence-corrected chi connectivity index (χ2v) is 6.96. The van der Waals surface area contributed by atoms with Crippen LogP contribution in [-0.2, 0) is 0 Å². The summed E-state index contributed by atoms with van der Waals surface area (Å²) in [7, 11) is 0. The zero-order valence-electron chi connectivity index (χ0n) is 14.8. The van der Waals surface area contributed by atoms with Gasteiger partial charge in [0, 0.05) is 24.7 Å². The topological polar surface area (TPSA) is 77.0 Å². The Morgan fingerprint density at radius 3 is 2.71 bits per heavy atom. The molecule has 7 heteroatoms. The zero-order chi connectivity index (χ0) is 17.3. The van der Waals surface area contributed by atoms with E-state index in [9.17, 15) is 4.79 Å². The molecule has 1 aliphatic heterocycles. The van der Waals surface area contributed by atoms with Gasteiger partial charge in [-0.25, -0.2) is 0 Å². The Bertz CT molecular complexity index is 703. The van der Waals surface area contributed by atoms with E-state index in [-0.39, 0.29) is 23.9 Å². The molecule has 130 valence electrons. The molecule has 0 N–H and O–H groups in total. The van der Waals surface area contributed by atoms with E-state index >= 15 is 0 Å². The summed E-state index contributed by atoms with van der Waals surface area (Å²) in [6, 6.07) is 0.0851. The molecule has 3 heterocycles. The molecule has 24 heavy (non-hydrogen) atoms. The molecule has 0 saturated carbocycles. The minimum Gasteiger partial charge on any atom is -0.337 e. The molecule has 0 bridgehead atoms. The molecule has 1 atom stereocenters. The van der Waals surface area contributed by atoms with E-state index in [1.807, 2.05) is 38.8 Å². The first-order valence-electron chi connectivity index (χ1n) is 8.66. The Labute approximate surface area is 142 Å². The summed E-state index contributed by atoms with van der Waals surface area (Å²) in [5.41, 5.74) is 0.610. The standard InChI is InChI=1S/C17H25N5O2/c1-11(2)15-19-16(24-20-15)14-7-5-6-8-21(14)17(23)13-9-18-22(10-13)12(3)4/h9-12,14H,5-8H2,1-4H3/t14-/m0/s1. The summed E-state index contributed by atoms with van der Waals surface area (Å²) >= 11 is 0. The van der Waals surface area contributed by atoms with Crippen molar-refractivity contribution in [1.29, 1.82) is 0 Å². The third-order valence-electron chi connectivity index (χ3n) is 4.40. The fraction of sp³-hybridized carbons (Fsp3) is 0.647. The number of rotatable bonds is 4. The summed E-state index contributed by atoms with van der Waals surface area (Å²) < 4.78 is 7.25. The molecular weight excluding hydrogens is 306 g/mol. The van der Waals surface area contributed by atoms with Gasteiger partial charge in [-0.05, 0) is 33.1 Å². The highest BCUT2D eigenvalue weighted by Crippen LogP contribution is 2.31. The summed E-state index contributed by atoms with van der Waals surface area (Å²) in [6.45, 7) is 8.83. The summed E-state index contributed by atoms with van der Waals surface area (Å²) in [6.07, 6.45) is 6.35. The van der Waals surface area contributed by atoms with Gasteiger partial charge in [0.05, 0.1) is 11.8 Å². The van der Waals surface area contributed by atoms with Gasteiger partial charge < -0.3 is 9.42 Å². The van der Waals surface area contributed by atoms with Crippen LogP contribution < -0.4 is 0 Å². The lowest BCUT2D eigenvalue weighted by molar-refractivity contribution is 0.0561. The van der Waals surface area contributed by atoms with E-state index < -0.39 is 0 Å². The molecule has 7 nitrogen and oxygen atoms in total. The van der Waals surface area contributed by atoms with E-state index in [2.05, 4.69) is 15.2 Å². The van der Waals surface area contributed by atoms with Gasteiger partial charge >= 0.3 is 0 Å². The Morgan fingerprint density at radius 2 is 2.08 bits per heavy atom. The Balaban J connectivity index is 1.84. The zero-order valence-corrected chi connectivity index (χ0v) is 14.8. The third kappa shape index (κ3) is 3.20. The third-order valence-corrected chi connectivity index (χ3v) is 4.40. The maximum atomic E-state index is 12.9. The van der Waals surface area contributed by atoms with Crippen LogP contribution in [0.3, 0.4) is 0 Å². The normalized spacial score (nSPS) is 18.6. The first-order chi connectivity index (χ1) is 11.5. The van der Waals surface area contributed by atoms with Crippen molar-refractivity contribution in [2.45, 2.75) is 65.0 Å². The number of nitrogens with zero attached hydrogens (tertiary/aromatic N) is 5. The smallest absolute Gasteiger partial charge is 0.257 e. The lowest BCUT2D eigenvalue weighted by Gasteiger charge is -2.33. The molecule has 0 spiro atoms. The van der Waals surface area contributed by atoms with Crippen LogP contribution >= 0.6 is 0 Å². The Kier molecular flexibility index (Phi) is 4.69. The van der Waals surface area contributed by atoms with Gasteiger partial charge in [0.1, 0.15) is 6.04 Å². The fourth-order valence-electron chi connectivity index (χ4n) is 2.95. The second-order valence-electron chi connectivity index (χ2n) is 6.96. The van der Waals surface area contributed by atoms with Crippen LogP contribution in [0.2, 0.25) is 0 Å². The SMILES string of the molecule is CC(C)c1noc([C@@H]2CCCCN2C(=O)c2cnn(C(C)C)c2)n1. The summed E-state index contributed by atoms with van der Waals surface area (Å²) in [4.78, 5) is 19.3. The highest BCUT2D eigenvalue weighted by Gasteiger charge is 2.33. The molecule has 1 aliphatic rings. The van der Waals surface area contributed by atoms with Crippen molar-refractivity contribution in [3.8, 4) is 0 Å². The van der Waals surface area contributed by atoms with Crippen LogP contribution in [0.4, 0.5) is 0 Å². The number of amides is 1.